The first-order valence-electron chi connectivity index (χ1n) is 20.2. The van der Waals surface area contributed by atoms with E-state index < -0.39 is 67.3 Å². The lowest BCUT2D eigenvalue weighted by Crippen LogP contribution is -2.31. The van der Waals surface area contributed by atoms with Gasteiger partial charge in [0.15, 0.2) is 6.10 Å². The van der Waals surface area contributed by atoms with Crippen molar-refractivity contribution in [3.8, 4) is 11.5 Å². The van der Waals surface area contributed by atoms with Crippen LogP contribution in [0, 0.1) is 5.41 Å². The second-order valence-electron chi connectivity index (χ2n) is 15.2. The zero-order valence-electron chi connectivity index (χ0n) is 35.2. The van der Waals surface area contributed by atoms with E-state index in [0.717, 1.165) is 23.0 Å². The summed E-state index contributed by atoms with van der Waals surface area (Å²) in [5, 5.41) is 10.5. The average molecular weight is 863 g/mol. The molecule has 0 aliphatic carbocycles. The summed E-state index contributed by atoms with van der Waals surface area (Å²) >= 11 is 0. The molecule has 1 saturated heterocycles. The van der Waals surface area contributed by atoms with Gasteiger partial charge in [-0.1, -0.05) is 49.0 Å². The van der Waals surface area contributed by atoms with E-state index in [1.54, 1.807) is 32.9 Å². The smallest absolute Gasteiger partial charge is 0.339 e. The lowest BCUT2D eigenvalue weighted by atomic mass is 9.97. The standard InChI is InChI=1S/C46H54O16/c1-5-40(48)59-29-36(30-60-42(50)21-20-41(49)54-22-10-11-23-55-45(53)46(2,3)4)62-44(52)38-14-8-7-13-37(38)43(51)61-26-33(47)25-56-34-18-16-31(17-19-34)24-32-12-6-9-15-39(32)58-28-35-27-57-35/h5-9,12-19,33,35-36,47H,1,10-11,20-30H2,2-4H3. The van der Waals surface area contributed by atoms with Crippen LogP contribution in [-0.2, 0) is 58.8 Å². The predicted octanol–water partition coefficient (Wildman–Crippen LogP) is 5.14. The van der Waals surface area contributed by atoms with Crippen molar-refractivity contribution in [2.24, 2.45) is 5.41 Å². The third kappa shape index (κ3) is 17.8. The number of hydrogen-bond donors (Lipinski definition) is 1. The topological polar surface area (TPSA) is 209 Å². The molecule has 3 unspecified atom stereocenters. The number of benzene rings is 3. The van der Waals surface area contributed by atoms with Crippen LogP contribution in [-0.4, -0.2) is 112 Å². The van der Waals surface area contributed by atoms with Crippen LogP contribution in [0.2, 0.25) is 0 Å². The molecule has 3 aromatic carbocycles. The molecule has 0 spiro atoms. The van der Waals surface area contributed by atoms with Crippen LogP contribution in [0.5, 0.6) is 11.5 Å². The summed E-state index contributed by atoms with van der Waals surface area (Å²) in [6.07, 6.45) is -0.564. The Morgan fingerprint density at radius 1 is 0.742 bits per heavy atom. The number of rotatable bonds is 26. The van der Waals surface area contributed by atoms with Crippen LogP contribution in [0.15, 0.2) is 85.5 Å². The number of carbonyl (C=O) groups excluding carboxylic acids is 6. The van der Waals surface area contributed by atoms with Gasteiger partial charge in [0.25, 0.3) is 0 Å². The number of aliphatic hydroxyl groups is 1. The summed E-state index contributed by atoms with van der Waals surface area (Å²) in [6, 6.07) is 20.7. The summed E-state index contributed by atoms with van der Waals surface area (Å²) < 4.78 is 48.0. The fourth-order valence-corrected chi connectivity index (χ4v) is 5.26. The number of ether oxygens (including phenoxy) is 9. The van der Waals surface area contributed by atoms with E-state index in [1.807, 2.05) is 36.4 Å². The first-order chi connectivity index (χ1) is 29.7. The van der Waals surface area contributed by atoms with Crippen LogP contribution in [0.3, 0.4) is 0 Å². The monoisotopic (exact) mass is 862 g/mol. The molecule has 0 amide bonds. The molecular weight excluding hydrogens is 808 g/mol. The van der Waals surface area contributed by atoms with Gasteiger partial charge in [-0.15, -0.1) is 0 Å². The highest BCUT2D eigenvalue weighted by Crippen LogP contribution is 2.24. The Morgan fingerprint density at radius 3 is 2.02 bits per heavy atom. The molecular formula is C46H54O16. The van der Waals surface area contributed by atoms with Crippen LogP contribution in [0.4, 0.5) is 0 Å². The van der Waals surface area contributed by atoms with Gasteiger partial charge in [0, 0.05) is 12.5 Å². The highest BCUT2D eigenvalue weighted by molar-refractivity contribution is 6.03. The largest absolute Gasteiger partial charge is 0.491 e. The molecule has 0 radical (unpaired) electrons. The summed E-state index contributed by atoms with van der Waals surface area (Å²) in [4.78, 5) is 74.5. The van der Waals surface area contributed by atoms with E-state index in [9.17, 15) is 33.9 Å². The van der Waals surface area contributed by atoms with E-state index >= 15 is 0 Å². The molecule has 3 atom stereocenters. The molecule has 1 heterocycles. The maximum absolute atomic E-state index is 13.3. The Kier molecular flexibility index (Phi) is 19.4. The molecule has 1 aliphatic heterocycles. The van der Waals surface area contributed by atoms with Crippen LogP contribution in [0.25, 0.3) is 0 Å². The Hall–Kier alpha value is -6.26. The van der Waals surface area contributed by atoms with Crippen molar-refractivity contribution in [3.63, 3.8) is 0 Å². The molecule has 1 aliphatic rings. The van der Waals surface area contributed by atoms with Gasteiger partial charge in [-0.2, -0.15) is 0 Å². The molecule has 4 rings (SSSR count). The van der Waals surface area contributed by atoms with Gasteiger partial charge in [-0.25, -0.2) is 14.4 Å². The van der Waals surface area contributed by atoms with Crippen molar-refractivity contribution in [2.75, 3.05) is 52.9 Å². The SMILES string of the molecule is C=CC(=O)OCC(COC(=O)CCC(=O)OCCCCOC(=O)C(C)(C)C)OC(=O)c1ccccc1C(=O)OCC(O)COc1ccc(Cc2ccccc2OCC2CO2)cc1. The Labute approximate surface area is 360 Å². The van der Waals surface area contributed by atoms with E-state index in [0.29, 0.717) is 38.2 Å². The van der Waals surface area contributed by atoms with E-state index in [4.69, 9.17) is 42.6 Å². The third-order valence-electron chi connectivity index (χ3n) is 8.80. The number of para-hydroxylation sites is 1. The van der Waals surface area contributed by atoms with E-state index in [-0.39, 0.29) is 55.9 Å². The fraction of sp³-hybridized carbons (Fsp3) is 0.435. The van der Waals surface area contributed by atoms with Crippen LogP contribution < -0.4 is 9.47 Å². The zero-order chi connectivity index (χ0) is 44.9. The fourth-order valence-electron chi connectivity index (χ4n) is 5.26. The second kappa shape index (κ2) is 24.9. The van der Waals surface area contributed by atoms with Gasteiger partial charge in [0.2, 0.25) is 0 Å². The van der Waals surface area contributed by atoms with Gasteiger partial charge >= 0.3 is 35.8 Å². The minimum Gasteiger partial charge on any atom is -0.491 e. The number of epoxide rings is 1. The number of aliphatic hydroxyl groups excluding tert-OH is 1. The van der Waals surface area contributed by atoms with E-state index in [1.165, 1.54) is 24.3 Å². The quantitative estimate of drug-likeness (QED) is 0.0364. The van der Waals surface area contributed by atoms with Crippen LogP contribution in [0.1, 0.15) is 78.3 Å². The summed E-state index contributed by atoms with van der Waals surface area (Å²) in [6.45, 7) is 8.28. The molecule has 16 nitrogen and oxygen atoms in total. The average Bonchev–Trinajstić information content (AvgIpc) is 4.10. The number of unbranched alkanes of at least 4 members (excludes halogenated alkanes) is 1. The molecule has 0 aromatic heterocycles. The molecule has 334 valence electrons. The Balaban J connectivity index is 1.20. The van der Waals surface area contributed by atoms with Crippen molar-refractivity contribution in [1.82, 2.24) is 0 Å². The van der Waals surface area contributed by atoms with Crippen molar-refractivity contribution in [1.29, 1.82) is 0 Å². The van der Waals surface area contributed by atoms with Gasteiger partial charge in [-0.05, 0) is 75.1 Å². The second-order valence-corrected chi connectivity index (χ2v) is 15.2. The van der Waals surface area contributed by atoms with E-state index in [2.05, 4.69) is 6.58 Å². The Morgan fingerprint density at radius 2 is 1.35 bits per heavy atom. The number of hydrogen-bond acceptors (Lipinski definition) is 16. The molecule has 16 heteroatoms. The van der Waals surface area contributed by atoms with Crippen molar-refractivity contribution < 1.29 is 76.5 Å². The van der Waals surface area contributed by atoms with Gasteiger partial charge in [0.1, 0.15) is 56.7 Å². The molecule has 1 fully saturated rings. The van der Waals surface area contributed by atoms with Crippen LogP contribution >= 0.6 is 0 Å². The molecule has 62 heavy (non-hydrogen) atoms. The molecule has 3 aromatic rings. The van der Waals surface area contributed by atoms with Crippen molar-refractivity contribution >= 4 is 35.8 Å². The zero-order valence-corrected chi connectivity index (χ0v) is 35.2. The summed E-state index contributed by atoms with van der Waals surface area (Å²) in [5.74, 6) is -3.31. The molecule has 0 saturated carbocycles. The number of carbonyl (C=O) groups is 6. The first-order valence-corrected chi connectivity index (χ1v) is 20.2. The lowest BCUT2D eigenvalue weighted by molar-refractivity contribution is -0.154. The first kappa shape index (κ1) is 48.4. The molecule has 0 bridgehead atoms. The number of esters is 6. The minimum absolute atomic E-state index is 0.0679. The summed E-state index contributed by atoms with van der Waals surface area (Å²) in [5.41, 5.74) is 1.04. The van der Waals surface area contributed by atoms with Crippen molar-refractivity contribution in [2.45, 2.75) is 71.2 Å². The van der Waals surface area contributed by atoms with Crippen molar-refractivity contribution in [3.05, 3.63) is 108 Å². The maximum atomic E-state index is 13.3. The minimum atomic E-state index is -1.32. The van der Waals surface area contributed by atoms with Gasteiger partial charge < -0.3 is 47.7 Å². The predicted molar refractivity (Wildman–Crippen MR) is 220 cm³/mol. The third-order valence-corrected chi connectivity index (χ3v) is 8.80. The van der Waals surface area contributed by atoms with Gasteiger partial charge in [0.05, 0.1) is 49.2 Å². The lowest BCUT2D eigenvalue weighted by Gasteiger charge is -2.19. The maximum Gasteiger partial charge on any atom is 0.339 e. The molecule has 1 N–H and O–H groups in total. The summed E-state index contributed by atoms with van der Waals surface area (Å²) in [7, 11) is 0. The highest BCUT2D eigenvalue weighted by Gasteiger charge is 2.26. The highest BCUT2D eigenvalue weighted by atomic mass is 16.6. The Bertz CT molecular complexity index is 1960. The van der Waals surface area contributed by atoms with Gasteiger partial charge in [-0.3, -0.25) is 14.4 Å². The normalized spacial score (nSPS) is 14.0.